The summed E-state index contributed by atoms with van der Waals surface area (Å²) in [6.45, 7) is 4.51. The van der Waals surface area contributed by atoms with Crippen LogP contribution in [0.15, 0.2) is 11.6 Å². The molecule has 0 heterocycles. The molecule has 1 aliphatic carbocycles. The monoisotopic (exact) mass is 138 g/mol. The van der Waals surface area contributed by atoms with Crippen LogP contribution in [0.25, 0.3) is 0 Å². The third-order valence-electron chi connectivity index (χ3n) is 2.50. The number of allylic oxidation sites excluding steroid dienone is 2. The Morgan fingerprint density at radius 2 is 2.10 bits per heavy atom. The predicted octanol–water partition coefficient (Wildman–Crippen LogP) is 3.53. The van der Waals surface area contributed by atoms with Crippen molar-refractivity contribution in [2.45, 2.75) is 46.0 Å². The van der Waals surface area contributed by atoms with Crippen molar-refractivity contribution in [3.05, 3.63) is 11.6 Å². The number of hydrogen-bond donors (Lipinski definition) is 0. The first kappa shape index (κ1) is 7.84. The van der Waals surface area contributed by atoms with Gasteiger partial charge >= 0.3 is 0 Å². The van der Waals surface area contributed by atoms with Gasteiger partial charge in [0.05, 0.1) is 0 Å². The molecule has 0 heteroatoms. The summed E-state index contributed by atoms with van der Waals surface area (Å²) in [5.41, 5.74) is 1.72. The molecule has 0 aromatic carbocycles. The topological polar surface area (TPSA) is 0 Å². The van der Waals surface area contributed by atoms with E-state index in [9.17, 15) is 0 Å². The van der Waals surface area contributed by atoms with Crippen molar-refractivity contribution in [1.82, 2.24) is 0 Å². The van der Waals surface area contributed by atoms with Gasteiger partial charge in [-0.1, -0.05) is 31.9 Å². The summed E-state index contributed by atoms with van der Waals surface area (Å²) in [4.78, 5) is 0. The average Bonchev–Trinajstić information content (AvgIpc) is 1.83. The second-order valence-corrected chi connectivity index (χ2v) is 3.17. The standard InChI is InChI=1S/C10H18/c1-3-6-9(4-2)10-7-5-8-10/h6,10H,3-5,7-8H2,1-2H3. The lowest BCUT2D eigenvalue weighted by Crippen LogP contribution is -2.13. The minimum atomic E-state index is 0.977. The fourth-order valence-electron chi connectivity index (χ4n) is 1.64. The van der Waals surface area contributed by atoms with Crippen molar-refractivity contribution < 1.29 is 0 Å². The molecule has 0 amide bonds. The first-order valence-electron chi connectivity index (χ1n) is 4.57. The van der Waals surface area contributed by atoms with Crippen LogP contribution in [-0.4, -0.2) is 0 Å². The summed E-state index contributed by atoms with van der Waals surface area (Å²) in [6.07, 6.45) is 9.30. The Bertz CT molecular complexity index is 118. The van der Waals surface area contributed by atoms with Crippen LogP contribution in [0.3, 0.4) is 0 Å². The van der Waals surface area contributed by atoms with Crippen molar-refractivity contribution >= 4 is 0 Å². The molecule has 0 radical (unpaired) electrons. The van der Waals surface area contributed by atoms with E-state index in [2.05, 4.69) is 19.9 Å². The Labute approximate surface area is 64.3 Å². The SMILES string of the molecule is CCC=C(CC)C1CCC1. The van der Waals surface area contributed by atoms with Gasteiger partial charge in [0.2, 0.25) is 0 Å². The Kier molecular flexibility index (Phi) is 2.98. The second-order valence-electron chi connectivity index (χ2n) is 3.17. The van der Waals surface area contributed by atoms with Gasteiger partial charge in [-0.05, 0) is 31.6 Å². The van der Waals surface area contributed by atoms with Crippen LogP contribution in [0.1, 0.15) is 46.0 Å². The van der Waals surface area contributed by atoms with E-state index in [4.69, 9.17) is 0 Å². The van der Waals surface area contributed by atoms with Crippen LogP contribution < -0.4 is 0 Å². The fourth-order valence-corrected chi connectivity index (χ4v) is 1.64. The molecule has 0 unspecified atom stereocenters. The van der Waals surface area contributed by atoms with E-state index in [-0.39, 0.29) is 0 Å². The van der Waals surface area contributed by atoms with Gasteiger partial charge in [0.1, 0.15) is 0 Å². The van der Waals surface area contributed by atoms with Gasteiger partial charge in [-0.3, -0.25) is 0 Å². The molecule has 0 N–H and O–H groups in total. The second kappa shape index (κ2) is 3.80. The van der Waals surface area contributed by atoms with Crippen LogP contribution in [0, 0.1) is 5.92 Å². The molecule has 0 nitrogen and oxygen atoms in total. The zero-order valence-corrected chi connectivity index (χ0v) is 7.19. The molecule has 1 fully saturated rings. The van der Waals surface area contributed by atoms with Crippen LogP contribution in [0.2, 0.25) is 0 Å². The van der Waals surface area contributed by atoms with Gasteiger partial charge in [-0.2, -0.15) is 0 Å². The summed E-state index contributed by atoms with van der Waals surface area (Å²) in [5.74, 6) is 0.977. The van der Waals surface area contributed by atoms with Crippen LogP contribution >= 0.6 is 0 Å². The molecule has 0 atom stereocenters. The molecular weight excluding hydrogens is 120 g/mol. The third-order valence-corrected chi connectivity index (χ3v) is 2.50. The fraction of sp³-hybridized carbons (Fsp3) is 0.800. The lowest BCUT2D eigenvalue weighted by molar-refractivity contribution is 0.360. The molecule has 0 aromatic heterocycles. The Hall–Kier alpha value is -0.260. The van der Waals surface area contributed by atoms with E-state index in [0.29, 0.717) is 0 Å². The van der Waals surface area contributed by atoms with Gasteiger partial charge in [0.15, 0.2) is 0 Å². The molecule has 1 aliphatic rings. The summed E-state index contributed by atoms with van der Waals surface area (Å²) < 4.78 is 0. The number of rotatable bonds is 3. The highest BCUT2D eigenvalue weighted by Gasteiger charge is 2.19. The predicted molar refractivity (Wildman–Crippen MR) is 46.0 cm³/mol. The largest absolute Gasteiger partial charge is 0.0853 e. The quantitative estimate of drug-likeness (QED) is 0.523. The van der Waals surface area contributed by atoms with E-state index in [1.165, 1.54) is 32.1 Å². The Morgan fingerprint density at radius 3 is 2.40 bits per heavy atom. The normalized spacial score (nSPS) is 20.8. The third kappa shape index (κ3) is 1.62. The lowest BCUT2D eigenvalue weighted by Gasteiger charge is -2.27. The van der Waals surface area contributed by atoms with Crippen molar-refractivity contribution in [2.24, 2.45) is 5.92 Å². The molecule has 0 bridgehead atoms. The summed E-state index contributed by atoms with van der Waals surface area (Å²) in [5, 5.41) is 0. The van der Waals surface area contributed by atoms with Gasteiger partial charge in [0.25, 0.3) is 0 Å². The minimum absolute atomic E-state index is 0.977. The molecule has 1 rings (SSSR count). The molecular formula is C10H18. The minimum Gasteiger partial charge on any atom is -0.0853 e. The highest BCUT2D eigenvalue weighted by Crippen LogP contribution is 2.34. The zero-order valence-electron chi connectivity index (χ0n) is 7.19. The molecule has 0 aromatic rings. The van der Waals surface area contributed by atoms with Crippen molar-refractivity contribution in [3.8, 4) is 0 Å². The Balaban J connectivity index is 2.38. The van der Waals surface area contributed by atoms with Gasteiger partial charge in [-0.25, -0.2) is 0 Å². The average molecular weight is 138 g/mol. The van der Waals surface area contributed by atoms with Crippen LogP contribution in [-0.2, 0) is 0 Å². The molecule has 10 heavy (non-hydrogen) atoms. The van der Waals surface area contributed by atoms with E-state index in [1.807, 2.05) is 0 Å². The molecule has 0 aliphatic heterocycles. The van der Waals surface area contributed by atoms with Gasteiger partial charge in [-0.15, -0.1) is 0 Å². The van der Waals surface area contributed by atoms with Crippen molar-refractivity contribution in [3.63, 3.8) is 0 Å². The zero-order chi connectivity index (χ0) is 7.40. The molecule has 58 valence electrons. The van der Waals surface area contributed by atoms with Gasteiger partial charge < -0.3 is 0 Å². The van der Waals surface area contributed by atoms with E-state index in [0.717, 1.165) is 5.92 Å². The summed E-state index contributed by atoms with van der Waals surface area (Å²) in [6, 6.07) is 0. The molecule has 1 saturated carbocycles. The summed E-state index contributed by atoms with van der Waals surface area (Å²) >= 11 is 0. The smallest absolute Gasteiger partial charge is 0.0203 e. The van der Waals surface area contributed by atoms with E-state index in [1.54, 1.807) is 5.57 Å². The van der Waals surface area contributed by atoms with Crippen molar-refractivity contribution in [1.29, 1.82) is 0 Å². The highest BCUT2D eigenvalue weighted by atomic mass is 14.2. The first-order chi connectivity index (χ1) is 4.88. The van der Waals surface area contributed by atoms with E-state index < -0.39 is 0 Å². The maximum atomic E-state index is 2.42. The van der Waals surface area contributed by atoms with Gasteiger partial charge in [0, 0.05) is 0 Å². The maximum Gasteiger partial charge on any atom is -0.0203 e. The van der Waals surface area contributed by atoms with Crippen molar-refractivity contribution in [2.75, 3.05) is 0 Å². The molecule has 0 saturated heterocycles. The first-order valence-corrected chi connectivity index (χ1v) is 4.57. The lowest BCUT2D eigenvalue weighted by atomic mass is 9.78. The highest BCUT2D eigenvalue weighted by molar-refractivity contribution is 5.08. The van der Waals surface area contributed by atoms with Crippen LogP contribution in [0.5, 0.6) is 0 Å². The van der Waals surface area contributed by atoms with E-state index >= 15 is 0 Å². The maximum absolute atomic E-state index is 2.42. The Morgan fingerprint density at radius 1 is 1.40 bits per heavy atom. The molecule has 0 spiro atoms. The number of hydrogen-bond acceptors (Lipinski definition) is 0. The summed E-state index contributed by atoms with van der Waals surface area (Å²) in [7, 11) is 0. The van der Waals surface area contributed by atoms with Crippen LogP contribution in [0.4, 0.5) is 0 Å².